The Bertz CT molecular complexity index is 2470. The molecule has 0 spiro atoms. The fraction of sp³-hybridized carbons (Fsp3) is 0.286. The quantitative estimate of drug-likeness (QED) is 0.117. The zero-order chi connectivity index (χ0) is 42.6. The lowest BCUT2D eigenvalue weighted by Crippen LogP contribution is -2.47. The summed E-state index contributed by atoms with van der Waals surface area (Å²) in [6.45, 7) is 14.4. The number of rotatable bonds is 9. The smallest absolute Gasteiger partial charge is 0.356 e. The van der Waals surface area contributed by atoms with Gasteiger partial charge in [0.2, 0.25) is 5.60 Å². The highest BCUT2D eigenvalue weighted by Crippen LogP contribution is 2.45. The summed E-state index contributed by atoms with van der Waals surface area (Å²) in [7, 11) is 2.88. The van der Waals surface area contributed by atoms with Crippen LogP contribution in [0.2, 0.25) is 0 Å². The third kappa shape index (κ3) is 7.12. The Hall–Kier alpha value is -6.06. The zero-order valence-electron chi connectivity index (χ0n) is 33.2. The van der Waals surface area contributed by atoms with E-state index in [4.69, 9.17) is 18.9 Å². The molecule has 1 atom stereocenters. The summed E-state index contributed by atoms with van der Waals surface area (Å²) in [6.07, 6.45) is 5.22. The number of phenols is 1. The molecule has 1 aromatic heterocycles. The number of carboxylic acid groups (broad SMARTS) is 1. The van der Waals surface area contributed by atoms with Gasteiger partial charge in [-0.1, -0.05) is 0 Å². The molecule has 298 valence electrons. The average molecular weight is 846 g/mol. The summed E-state index contributed by atoms with van der Waals surface area (Å²) >= 11 is 3.23. The molecular weight excluding hydrogens is 804 g/mol. The number of aromatic carboxylic acids is 1. The number of aromatic nitrogens is 2. The topological polar surface area (TPSA) is 201 Å². The van der Waals surface area contributed by atoms with Crippen molar-refractivity contribution < 1.29 is 58.2 Å². The van der Waals surface area contributed by atoms with Crippen LogP contribution in [0.1, 0.15) is 82.5 Å². The SMILES string of the molecule is COC1=CC(=O)C=C(C)[C@]1(O)C(=O)Oc1c(C)c(C)c(C(=O)Oc2cc(C)c(C(=O)Oc3c(C)c(C)c(C(=O)O)c(C)c3C)c(C)c2-c2cnn(C)c2)c(O)c1Br. The number of carboxylic acids is 1. The van der Waals surface area contributed by atoms with E-state index in [9.17, 15) is 39.3 Å². The van der Waals surface area contributed by atoms with E-state index in [-0.39, 0.29) is 60.9 Å². The van der Waals surface area contributed by atoms with Crippen molar-refractivity contribution >= 4 is 45.6 Å². The largest absolute Gasteiger partial charge is 0.506 e. The third-order valence-corrected chi connectivity index (χ3v) is 11.2. The van der Waals surface area contributed by atoms with Crippen LogP contribution in [0.15, 0.2) is 46.4 Å². The van der Waals surface area contributed by atoms with Crippen LogP contribution in [-0.2, 0) is 21.4 Å². The van der Waals surface area contributed by atoms with E-state index in [1.807, 2.05) is 0 Å². The van der Waals surface area contributed by atoms with E-state index in [1.54, 1.807) is 54.8 Å². The number of aliphatic hydroxyl groups is 1. The lowest BCUT2D eigenvalue weighted by atomic mass is 9.87. The van der Waals surface area contributed by atoms with Gasteiger partial charge in [0.25, 0.3) is 0 Å². The highest BCUT2D eigenvalue weighted by Gasteiger charge is 2.48. The van der Waals surface area contributed by atoms with Gasteiger partial charge in [0.05, 0.1) is 24.4 Å². The van der Waals surface area contributed by atoms with Crippen LogP contribution in [0.3, 0.4) is 0 Å². The Morgan fingerprint density at radius 2 is 1.33 bits per heavy atom. The number of halogens is 1. The van der Waals surface area contributed by atoms with Gasteiger partial charge in [0.1, 0.15) is 33.0 Å². The second-order valence-corrected chi connectivity index (χ2v) is 14.7. The maximum absolute atomic E-state index is 14.1. The number of ketones is 1. The minimum absolute atomic E-state index is 0.0303. The molecule has 5 rings (SSSR count). The number of ether oxygens (including phenoxy) is 4. The van der Waals surface area contributed by atoms with Gasteiger partial charge in [0, 0.05) is 30.4 Å². The molecule has 3 N–H and O–H groups in total. The van der Waals surface area contributed by atoms with E-state index < -0.39 is 41.0 Å². The Kier molecular flexibility index (Phi) is 11.4. The summed E-state index contributed by atoms with van der Waals surface area (Å²) in [6, 6.07) is 1.49. The van der Waals surface area contributed by atoms with Gasteiger partial charge in [-0.15, -0.1) is 0 Å². The maximum atomic E-state index is 14.1. The first-order valence-corrected chi connectivity index (χ1v) is 18.2. The lowest BCUT2D eigenvalue weighted by Gasteiger charge is -2.30. The second-order valence-electron chi connectivity index (χ2n) is 13.9. The molecule has 0 radical (unpaired) electrons. The van der Waals surface area contributed by atoms with E-state index >= 15 is 0 Å². The number of carbonyl (C=O) groups is 5. The average Bonchev–Trinajstić information content (AvgIpc) is 3.56. The summed E-state index contributed by atoms with van der Waals surface area (Å²) in [5, 5.41) is 36.8. The monoisotopic (exact) mass is 844 g/mol. The molecule has 0 saturated carbocycles. The second kappa shape index (κ2) is 15.5. The number of hydrogen-bond acceptors (Lipinski definition) is 12. The van der Waals surface area contributed by atoms with Crippen molar-refractivity contribution in [3.63, 3.8) is 0 Å². The number of nitrogens with zero attached hydrogens (tertiary/aromatic N) is 2. The van der Waals surface area contributed by atoms with E-state index in [2.05, 4.69) is 21.0 Å². The fourth-order valence-corrected chi connectivity index (χ4v) is 7.58. The van der Waals surface area contributed by atoms with Gasteiger partial charge in [-0.2, -0.15) is 5.10 Å². The minimum atomic E-state index is -2.45. The number of hydrogen-bond donors (Lipinski definition) is 3. The predicted octanol–water partition coefficient (Wildman–Crippen LogP) is 6.85. The molecule has 14 nitrogen and oxygen atoms in total. The first-order valence-electron chi connectivity index (χ1n) is 17.4. The van der Waals surface area contributed by atoms with Crippen LogP contribution in [0.25, 0.3) is 11.1 Å². The summed E-state index contributed by atoms with van der Waals surface area (Å²) in [4.78, 5) is 65.6. The number of esters is 3. The van der Waals surface area contributed by atoms with Gasteiger partial charge in [-0.3, -0.25) is 9.48 Å². The number of carbonyl (C=O) groups excluding carboxylic acids is 4. The van der Waals surface area contributed by atoms with E-state index in [0.29, 0.717) is 44.5 Å². The van der Waals surface area contributed by atoms with Crippen molar-refractivity contribution in [3.8, 4) is 34.1 Å². The first-order chi connectivity index (χ1) is 26.6. The Morgan fingerprint density at radius 1 is 0.772 bits per heavy atom. The number of allylic oxidation sites excluding steroid dienone is 2. The highest BCUT2D eigenvalue weighted by atomic mass is 79.9. The van der Waals surface area contributed by atoms with Crippen LogP contribution < -0.4 is 14.2 Å². The zero-order valence-corrected chi connectivity index (χ0v) is 34.8. The van der Waals surface area contributed by atoms with Crippen molar-refractivity contribution in [1.82, 2.24) is 9.78 Å². The van der Waals surface area contributed by atoms with Crippen LogP contribution in [0.5, 0.6) is 23.0 Å². The number of aromatic hydroxyl groups is 1. The predicted molar refractivity (Wildman–Crippen MR) is 210 cm³/mol. The lowest BCUT2D eigenvalue weighted by molar-refractivity contribution is -0.151. The standard InChI is InChI=1S/C42H41BrN2O12/c1-17-12-28(32(26-15-44-45(10)16-26)25(9)30(17)39(50)56-36-22(6)19(3)31(38(48)49)20(4)23(36)7)55-40(51)33-21(5)24(8)37(34(43)35(33)47)57-41(52)42(53)18(2)13-27(46)14-29(42)54-11/h12-16,47,53H,1-11H3,(H,48,49)/t42-/m1/s1. The Balaban J connectivity index is 1.56. The van der Waals surface area contributed by atoms with Crippen LogP contribution >= 0.6 is 15.9 Å². The number of methoxy groups -OCH3 is 1. The Morgan fingerprint density at radius 3 is 1.88 bits per heavy atom. The van der Waals surface area contributed by atoms with Gasteiger partial charge < -0.3 is 34.3 Å². The van der Waals surface area contributed by atoms with E-state index in [0.717, 1.165) is 12.2 Å². The van der Waals surface area contributed by atoms with Gasteiger partial charge in [-0.25, -0.2) is 19.2 Å². The van der Waals surface area contributed by atoms with Crippen molar-refractivity contribution in [3.05, 3.63) is 108 Å². The normalized spacial score (nSPS) is 15.1. The van der Waals surface area contributed by atoms with Crippen LogP contribution in [-0.4, -0.2) is 67.5 Å². The number of aryl methyl sites for hydroxylation is 2. The summed E-state index contributed by atoms with van der Waals surface area (Å²) < 4.78 is 24.1. The van der Waals surface area contributed by atoms with Gasteiger partial charge >= 0.3 is 23.9 Å². The first kappa shape index (κ1) is 42.1. The van der Waals surface area contributed by atoms with Crippen LogP contribution in [0, 0.1) is 55.4 Å². The van der Waals surface area contributed by atoms with Gasteiger partial charge in [-0.05, 0) is 140 Å². The molecule has 0 aliphatic heterocycles. The molecular formula is C42H41BrN2O12. The molecule has 3 aromatic carbocycles. The summed E-state index contributed by atoms with van der Waals surface area (Å²) in [5.41, 5.74) is 1.48. The van der Waals surface area contributed by atoms with Gasteiger partial charge in [0.15, 0.2) is 11.5 Å². The molecule has 1 heterocycles. The Labute approximate surface area is 336 Å². The summed E-state index contributed by atoms with van der Waals surface area (Å²) in [5.74, 6) is -5.45. The third-order valence-electron chi connectivity index (χ3n) is 10.5. The minimum Gasteiger partial charge on any atom is -0.506 e. The van der Waals surface area contributed by atoms with Crippen molar-refractivity contribution in [2.24, 2.45) is 7.05 Å². The van der Waals surface area contributed by atoms with Crippen molar-refractivity contribution in [2.75, 3.05) is 7.11 Å². The fourth-order valence-electron chi connectivity index (χ4n) is 7.01. The van der Waals surface area contributed by atoms with Crippen LogP contribution in [0.4, 0.5) is 0 Å². The molecule has 0 fully saturated rings. The molecule has 1 aliphatic carbocycles. The molecule has 4 aromatic rings. The van der Waals surface area contributed by atoms with Crippen molar-refractivity contribution in [1.29, 1.82) is 0 Å². The van der Waals surface area contributed by atoms with Crippen molar-refractivity contribution in [2.45, 2.75) is 67.9 Å². The molecule has 0 bridgehead atoms. The number of phenolic OH excluding ortho intramolecular Hbond substituents is 1. The maximum Gasteiger partial charge on any atom is 0.356 e. The molecule has 0 unspecified atom stereocenters. The molecule has 0 amide bonds. The molecule has 57 heavy (non-hydrogen) atoms. The molecule has 0 saturated heterocycles. The van der Waals surface area contributed by atoms with E-state index in [1.165, 1.54) is 44.8 Å². The molecule has 15 heteroatoms. The highest BCUT2D eigenvalue weighted by molar-refractivity contribution is 9.10. The molecule has 1 aliphatic rings. The number of benzene rings is 3.